The summed E-state index contributed by atoms with van der Waals surface area (Å²) in [6.45, 7) is 0.781. The summed E-state index contributed by atoms with van der Waals surface area (Å²) >= 11 is 0. The Hall–Kier alpha value is -1.32. The fourth-order valence-corrected chi connectivity index (χ4v) is 2.57. The van der Waals surface area contributed by atoms with Gasteiger partial charge in [-0.2, -0.15) is 0 Å². The molecule has 4 heteroatoms. The molecule has 0 spiro atoms. The first kappa shape index (κ1) is 13.1. The van der Waals surface area contributed by atoms with Crippen LogP contribution in [0.5, 0.6) is 0 Å². The van der Waals surface area contributed by atoms with E-state index in [0.717, 1.165) is 6.54 Å². The summed E-state index contributed by atoms with van der Waals surface area (Å²) in [7, 11) is 0. The van der Waals surface area contributed by atoms with Gasteiger partial charge in [0.05, 0.1) is 0 Å². The van der Waals surface area contributed by atoms with E-state index >= 15 is 0 Å². The molecular weight excluding hydrogens is 234 g/mol. The lowest BCUT2D eigenvalue weighted by molar-refractivity contribution is 0.152. The molecule has 0 amide bonds. The molecule has 0 aromatic heterocycles. The zero-order valence-corrected chi connectivity index (χ0v) is 10.5. The monoisotopic (exact) mass is 254 g/mol. The van der Waals surface area contributed by atoms with E-state index in [-0.39, 0.29) is 5.56 Å². The summed E-state index contributed by atoms with van der Waals surface area (Å²) in [6, 6.07) is 4.67. The summed E-state index contributed by atoms with van der Waals surface area (Å²) in [5.41, 5.74) is 6.45. The maximum Gasteiger partial charge on any atom is 0.265 e. The highest BCUT2D eigenvalue weighted by Crippen LogP contribution is 2.30. The van der Waals surface area contributed by atoms with Crippen molar-refractivity contribution in [2.45, 2.75) is 38.5 Å². The molecule has 1 saturated carbocycles. The molecule has 0 atom stereocenters. The number of nitrogens with two attached hydrogens (primary N) is 1. The quantitative estimate of drug-likeness (QED) is 0.790. The van der Waals surface area contributed by atoms with Crippen molar-refractivity contribution in [3.8, 4) is 0 Å². The van der Waals surface area contributed by atoms with Crippen LogP contribution >= 0.6 is 0 Å². The number of nitrogens with one attached hydrogen (secondary N) is 1. The van der Waals surface area contributed by atoms with Crippen LogP contribution in [0.3, 0.4) is 0 Å². The third-order valence-corrected chi connectivity index (χ3v) is 3.62. The van der Waals surface area contributed by atoms with E-state index in [4.69, 9.17) is 5.73 Å². The first-order valence-electron chi connectivity index (χ1n) is 6.58. The van der Waals surface area contributed by atoms with Crippen molar-refractivity contribution in [3.63, 3.8) is 0 Å². The van der Waals surface area contributed by atoms with Crippen LogP contribution in [0, 0.1) is 5.92 Å². The van der Waals surface area contributed by atoms with Crippen molar-refractivity contribution >= 4 is 11.4 Å². The number of rotatable bonds is 4. The highest BCUT2D eigenvalue weighted by molar-refractivity contribution is 5.58. The molecule has 0 saturated heterocycles. The van der Waals surface area contributed by atoms with Gasteiger partial charge in [-0.15, -0.1) is 0 Å². The highest BCUT2D eigenvalue weighted by atomic mass is 19.3. The number of alkyl halides is 2. The Balaban J connectivity index is 1.99. The molecule has 1 aliphatic rings. The van der Waals surface area contributed by atoms with Crippen LogP contribution in [-0.2, 0) is 0 Å². The Kier molecular flexibility index (Phi) is 4.39. The van der Waals surface area contributed by atoms with Crippen molar-refractivity contribution < 1.29 is 8.78 Å². The number of halogens is 2. The number of nitrogen functional groups attached to an aromatic ring is 1. The molecule has 0 unspecified atom stereocenters. The lowest BCUT2D eigenvalue weighted by Gasteiger charge is -2.23. The molecule has 0 aliphatic heterocycles. The minimum atomic E-state index is -2.48. The molecule has 0 heterocycles. The second-order valence-corrected chi connectivity index (χ2v) is 5.03. The van der Waals surface area contributed by atoms with E-state index in [0.29, 0.717) is 17.3 Å². The van der Waals surface area contributed by atoms with Crippen LogP contribution in [-0.4, -0.2) is 6.54 Å². The predicted molar refractivity (Wildman–Crippen MR) is 70.9 cm³/mol. The fourth-order valence-electron chi connectivity index (χ4n) is 2.57. The van der Waals surface area contributed by atoms with Crippen molar-refractivity contribution in [1.82, 2.24) is 0 Å². The SMILES string of the molecule is Nc1ccc(NCC2CCCCC2)c(C(F)F)c1. The Labute approximate surface area is 107 Å². The van der Waals surface area contributed by atoms with E-state index in [1.165, 1.54) is 38.2 Å². The van der Waals surface area contributed by atoms with Crippen LogP contribution in [0.1, 0.15) is 44.1 Å². The summed E-state index contributed by atoms with van der Waals surface area (Å²) < 4.78 is 25.8. The van der Waals surface area contributed by atoms with Crippen LogP contribution < -0.4 is 11.1 Å². The summed E-state index contributed by atoms with van der Waals surface area (Å²) in [5, 5.41) is 3.16. The van der Waals surface area contributed by atoms with Crippen molar-refractivity contribution in [3.05, 3.63) is 23.8 Å². The first-order chi connectivity index (χ1) is 8.66. The van der Waals surface area contributed by atoms with E-state index in [9.17, 15) is 8.78 Å². The second kappa shape index (κ2) is 6.03. The third kappa shape index (κ3) is 3.34. The zero-order valence-electron chi connectivity index (χ0n) is 10.5. The summed E-state index contributed by atoms with van der Waals surface area (Å²) in [5.74, 6) is 0.613. The largest absolute Gasteiger partial charge is 0.399 e. The van der Waals surface area contributed by atoms with E-state index < -0.39 is 6.43 Å². The van der Waals surface area contributed by atoms with Gasteiger partial charge in [0.1, 0.15) is 0 Å². The molecule has 18 heavy (non-hydrogen) atoms. The minimum absolute atomic E-state index is 0.00538. The van der Waals surface area contributed by atoms with Gasteiger partial charge in [0, 0.05) is 23.5 Å². The maximum absolute atomic E-state index is 12.9. The van der Waals surface area contributed by atoms with E-state index in [1.807, 2.05) is 0 Å². The highest BCUT2D eigenvalue weighted by Gasteiger charge is 2.16. The van der Waals surface area contributed by atoms with Gasteiger partial charge in [0.2, 0.25) is 0 Å². The molecule has 2 nitrogen and oxygen atoms in total. The second-order valence-electron chi connectivity index (χ2n) is 5.03. The number of hydrogen-bond acceptors (Lipinski definition) is 2. The maximum atomic E-state index is 12.9. The molecule has 100 valence electrons. The average Bonchev–Trinajstić information content (AvgIpc) is 2.38. The van der Waals surface area contributed by atoms with Gasteiger partial charge in [-0.1, -0.05) is 19.3 Å². The van der Waals surface area contributed by atoms with E-state index in [1.54, 1.807) is 12.1 Å². The first-order valence-corrected chi connectivity index (χ1v) is 6.58. The molecule has 1 aromatic carbocycles. The topological polar surface area (TPSA) is 38.0 Å². The normalized spacial score (nSPS) is 17.1. The lowest BCUT2D eigenvalue weighted by atomic mass is 9.89. The van der Waals surface area contributed by atoms with Gasteiger partial charge in [0.15, 0.2) is 0 Å². The average molecular weight is 254 g/mol. The number of hydrogen-bond donors (Lipinski definition) is 2. The molecular formula is C14H20F2N2. The predicted octanol–water partition coefficient (Wildman–Crippen LogP) is 4.20. The van der Waals surface area contributed by atoms with Crippen molar-refractivity contribution in [1.29, 1.82) is 0 Å². The van der Waals surface area contributed by atoms with Crippen LogP contribution in [0.4, 0.5) is 20.2 Å². The molecule has 1 aliphatic carbocycles. The van der Waals surface area contributed by atoms with Gasteiger partial charge in [-0.25, -0.2) is 8.78 Å². The van der Waals surface area contributed by atoms with Gasteiger partial charge in [0.25, 0.3) is 6.43 Å². The van der Waals surface area contributed by atoms with Gasteiger partial charge in [-0.3, -0.25) is 0 Å². The third-order valence-electron chi connectivity index (χ3n) is 3.62. The Bertz CT molecular complexity index is 387. The lowest BCUT2D eigenvalue weighted by Crippen LogP contribution is -2.17. The molecule has 3 N–H and O–H groups in total. The van der Waals surface area contributed by atoms with Crippen LogP contribution in [0.25, 0.3) is 0 Å². The molecule has 0 bridgehead atoms. The van der Waals surface area contributed by atoms with Gasteiger partial charge in [-0.05, 0) is 37.0 Å². The van der Waals surface area contributed by atoms with Crippen molar-refractivity contribution in [2.24, 2.45) is 5.92 Å². The number of anilines is 2. The summed E-state index contributed by atoms with van der Waals surface area (Å²) in [4.78, 5) is 0. The van der Waals surface area contributed by atoms with Gasteiger partial charge >= 0.3 is 0 Å². The Morgan fingerprint density at radius 1 is 1.22 bits per heavy atom. The Morgan fingerprint density at radius 2 is 1.94 bits per heavy atom. The molecule has 1 aromatic rings. The smallest absolute Gasteiger partial charge is 0.265 e. The Morgan fingerprint density at radius 3 is 2.61 bits per heavy atom. The van der Waals surface area contributed by atoms with Crippen LogP contribution in [0.15, 0.2) is 18.2 Å². The van der Waals surface area contributed by atoms with E-state index in [2.05, 4.69) is 5.32 Å². The van der Waals surface area contributed by atoms with Gasteiger partial charge < -0.3 is 11.1 Å². The van der Waals surface area contributed by atoms with Crippen LogP contribution in [0.2, 0.25) is 0 Å². The standard InChI is InChI=1S/C14H20F2N2/c15-14(16)12-8-11(17)6-7-13(12)18-9-10-4-2-1-3-5-10/h6-8,10,14,18H,1-5,9,17H2. The summed E-state index contributed by atoms with van der Waals surface area (Å²) in [6.07, 6.45) is 3.74. The van der Waals surface area contributed by atoms with Crippen molar-refractivity contribution in [2.75, 3.05) is 17.6 Å². The molecule has 0 radical (unpaired) electrons. The zero-order chi connectivity index (χ0) is 13.0. The molecule has 1 fully saturated rings. The molecule has 2 rings (SSSR count). The minimum Gasteiger partial charge on any atom is -0.399 e. The number of benzene rings is 1. The fraction of sp³-hybridized carbons (Fsp3) is 0.571.